The molecule has 0 aliphatic carbocycles. The smallest absolute Gasteiger partial charge is 0.338 e. The SMILES string of the molecule is O=C1OC[C@H]([P+](c2ccccc2)(c2ccccc2)c2ccccc2)/C1=C/c1ccccc1. The average Bonchev–Trinajstić information content (AvgIpc) is 3.22. The van der Waals surface area contributed by atoms with Gasteiger partial charge in [0, 0.05) is 0 Å². The van der Waals surface area contributed by atoms with Gasteiger partial charge in [-0.15, -0.1) is 0 Å². The van der Waals surface area contributed by atoms with Crippen molar-refractivity contribution in [3.05, 3.63) is 132 Å². The summed E-state index contributed by atoms with van der Waals surface area (Å²) < 4.78 is 5.74. The zero-order valence-electron chi connectivity index (χ0n) is 17.7. The third-order valence-corrected chi connectivity index (χ3v) is 10.7. The Bertz CT molecular complexity index is 1120. The highest BCUT2D eigenvalue weighted by molar-refractivity contribution is 7.96. The average molecular weight is 435 g/mol. The molecule has 0 bridgehead atoms. The van der Waals surface area contributed by atoms with Gasteiger partial charge >= 0.3 is 5.97 Å². The van der Waals surface area contributed by atoms with E-state index in [4.69, 9.17) is 4.74 Å². The van der Waals surface area contributed by atoms with Gasteiger partial charge in [0.2, 0.25) is 0 Å². The first kappa shape index (κ1) is 20.4. The van der Waals surface area contributed by atoms with Gasteiger partial charge in [-0.25, -0.2) is 4.79 Å². The van der Waals surface area contributed by atoms with Crippen molar-refractivity contribution in [1.82, 2.24) is 0 Å². The summed E-state index contributed by atoms with van der Waals surface area (Å²) in [5.74, 6) is -0.217. The van der Waals surface area contributed by atoms with Gasteiger partial charge in [-0.1, -0.05) is 84.9 Å². The van der Waals surface area contributed by atoms with Crippen molar-refractivity contribution in [3.63, 3.8) is 0 Å². The maximum absolute atomic E-state index is 13.1. The third kappa shape index (κ3) is 3.57. The van der Waals surface area contributed by atoms with E-state index in [9.17, 15) is 4.79 Å². The lowest BCUT2D eigenvalue weighted by molar-refractivity contribution is -0.134. The Labute approximate surface area is 189 Å². The van der Waals surface area contributed by atoms with Crippen LogP contribution in [0.2, 0.25) is 0 Å². The number of hydrogen-bond acceptors (Lipinski definition) is 2. The first-order chi connectivity index (χ1) is 15.8. The molecular weight excluding hydrogens is 411 g/mol. The van der Waals surface area contributed by atoms with Gasteiger partial charge in [-0.3, -0.25) is 0 Å². The summed E-state index contributed by atoms with van der Waals surface area (Å²) in [5, 5.41) is 3.75. The van der Waals surface area contributed by atoms with Gasteiger partial charge in [-0.05, 0) is 48.0 Å². The Kier molecular flexibility index (Phi) is 5.71. The number of hydrogen-bond donors (Lipinski definition) is 0. The number of esters is 1. The molecule has 2 nitrogen and oxygen atoms in total. The van der Waals surface area contributed by atoms with Gasteiger partial charge in [0.1, 0.15) is 35.4 Å². The molecule has 1 atom stereocenters. The molecule has 5 rings (SSSR count). The van der Waals surface area contributed by atoms with Crippen molar-refractivity contribution in [3.8, 4) is 0 Å². The summed E-state index contributed by atoms with van der Waals surface area (Å²) in [6.07, 6.45) is 2.02. The second kappa shape index (κ2) is 8.94. The van der Waals surface area contributed by atoms with Gasteiger partial charge in [0.15, 0.2) is 0 Å². The Hall–Kier alpha value is -3.48. The largest absolute Gasteiger partial charge is 0.458 e. The van der Waals surface area contributed by atoms with Crippen LogP contribution in [0.1, 0.15) is 5.56 Å². The molecule has 156 valence electrons. The van der Waals surface area contributed by atoms with Crippen LogP contribution in [0.4, 0.5) is 0 Å². The summed E-state index contributed by atoms with van der Waals surface area (Å²) in [6.45, 7) is 0.379. The van der Waals surface area contributed by atoms with Crippen molar-refractivity contribution in [2.75, 3.05) is 6.61 Å². The van der Waals surface area contributed by atoms with Gasteiger partial charge in [0.25, 0.3) is 0 Å². The van der Waals surface area contributed by atoms with Crippen molar-refractivity contribution in [1.29, 1.82) is 0 Å². The van der Waals surface area contributed by atoms with Crippen molar-refractivity contribution < 1.29 is 9.53 Å². The molecule has 1 heterocycles. The van der Waals surface area contributed by atoms with Crippen LogP contribution < -0.4 is 15.9 Å². The van der Waals surface area contributed by atoms with Crippen LogP contribution in [0.3, 0.4) is 0 Å². The van der Waals surface area contributed by atoms with E-state index in [1.54, 1.807) is 0 Å². The summed E-state index contributed by atoms with van der Waals surface area (Å²) >= 11 is 0. The van der Waals surface area contributed by atoms with E-state index in [-0.39, 0.29) is 11.6 Å². The predicted octanol–water partition coefficient (Wildman–Crippen LogP) is 4.99. The van der Waals surface area contributed by atoms with Crippen molar-refractivity contribution in [2.45, 2.75) is 5.66 Å². The highest BCUT2D eigenvalue weighted by Crippen LogP contribution is 2.63. The maximum Gasteiger partial charge on any atom is 0.338 e. The van der Waals surface area contributed by atoms with E-state index >= 15 is 0 Å². The Morgan fingerprint density at radius 2 is 1.03 bits per heavy atom. The molecule has 1 saturated heterocycles. The normalized spacial score (nSPS) is 17.3. The van der Waals surface area contributed by atoms with Gasteiger partial charge < -0.3 is 4.74 Å². The first-order valence-corrected chi connectivity index (χ1v) is 12.7. The molecule has 1 aliphatic rings. The molecule has 4 aromatic carbocycles. The Balaban J connectivity index is 1.82. The van der Waals surface area contributed by atoms with Gasteiger partial charge in [0.05, 0.1) is 5.57 Å². The van der Waals surface area contributed by atoms with E-state index < -0.39 is 7.26 Å². The van der Waals surface area contributed by atoms with Crippen LogP contribution in [-0.2, 0) is 9.53 Å². The first-order valence-electron chi connectivity index (χ1n) is 10.8. The van der Waals surface area contributed by atoms with E-state index in [0.29, 0.717) is 6.61 Å². The third-order valence-electron chi connectivity index (χ3n) is 6.05. The van der Waals surface area contributed by atoms with Gasteiger partial charge in [-0.2, -0.15) is 0 Å². The second-order valence-electron chi connectivity index (χ2n) is 7.85. The lowest BCUT2D eigenvalue weighted by Crippen LogP contribution is -2.40. The number of benzene rings is 4. The van der Waals surface area contributed by atoms with E-state index in [1.807, 2.05) is 54.6 Å². The molecule has 0 radical (unpaired) electrons. The quantitative estimate of drug-likeness (QED) is 0.251. The number of carbonyl (C=O) groups is 1. The molecule has 0 N–H and O–H groups in total. The van der Waals surface area contributed by atoms with Crippen LogP contribution in [-0.4, -0.2) is 18.2 Å². The highest BCUT2D eigenvalue weighted by atomic mass is 31.2. The molecule has 0 aromatic heterocycles. The van der Waals surface area contributed by atoms with E-state index in [1.165, 1.54) is 15.9 Å². The fourth-order valence-electron chi connectivity index (χ4n) is 4.64. The monoisotopic (exact) mass is 435 g/mol. The fraction of sp³-hybridized carbons (Fsp3) is 0.0690. The molecule has 4 aromatic rings. The number of rotatable bonds is 5. The standard InChI is InChI=1S/C29H24O2P/c30-29-27(21-23-13-5-1-6-14-23)28(22-31-29)32(24-15-7-2-8-16-24,25-17-9-3-10-18-25)26-19-11-4-12-20-26/h1-21,28H,22H2/q+1/b27-21-/t28-/m0/s1. The highest BCUT2D eigenvalue weighted by Gasteiger charge is 2.58. The lowest BCUT2D eigenvalue weighted by atomic mass is 10.1. The summed E-state index contributed by atoms with van der Waals surface area (Å²) in [6, 6.07) is 42.0. The Morgan fingerprint density at radius 1 is 0.625 bits per heavy atom. The van der Waals surface area contributed by atoms with Crippen molar-refractivity contribution in [2.24, 2.45) is 0 Å². The molecule has 0 unspecified atom stereocenters. The number of cyclic esters (lactones) is 1. The minimum absolute atomic E-state index is 0.0672. The van der Waals surface area contributed by atoms with E-state index in [2.05, 4.69) is 72.8 Å². The topological polar surface area (TPSA) is 26.3 Å². The number of ether oxygens (including phenoxy) is 1. The van der Waals surface area contributed by atoms with Crippen LogP contribution >= 0.6 is 7.26 Å². The number of carbonyl (C=O) groups excluding carboxylic acids is 1. The summed E-state index contributed by atoms with van der Waals surface area (Å²) in [5.41, 5.74) is 1.70. The van der Waals surface area contributed by atoms with Crippen LogP contribution in [0.15, 0.2) is 127 Å². The molecular formula is C29H24O2P+. The maximum atomic E-state index is 13.1. The molecule has 32 heavy (non-hydrogen) atoms. The van der Waals surface area contributed by atoms with Crippen molar-refractivity contribution >= 4 is 35.2 Å². The zero-order valence-corrected chi connectivity index (χ0v) is 18.6. The molecule has 3 heteroatoms. The summed E-state index contributed by atoms with van der Waals surface area (Å²) in [4.78, 5) is 13.1. The minimum atomic E-state index is -2.25. The summed E-state index contributed by atoms with van der Waals surface area (Å²) in [7, 11) is -2.25. The molecule has 1 fully saturated rings. The molecule has 0 amide bonds. The Morgan fingerprint density at radius 3 is 1.47 bits per heavy atom. The van der Waals surface area contributed by atoms with Crippen LogP contribution in [0.25, 0.3) is 6.08 Å². The van der Waals surface area contributed by atoms with Crippen LogP contribution in [0.5, 0.6) is 0 Å². The molecule has 0 spiro atoms. The van der Waals surface area contributed by atoms with Crippen LogP contribution in [0, 0.1) is 0 Å². The minimum Gasteiger partial charge on any atom is -0.458 e. The second-order valence-corrected chi connectivity index (χ2v) is 11.5. The van der Waals surface area contributed by atoms with E-state index in [0.717, 1.165) is 11.1 Å². The fourth-order valence-corrected chi connectivity index (χ4v) is 9.44. The predicted molar refractivity (Wildman–Crippen MR) is 134 cm³/mol. The zero-order chi connectivity index (χ0) is 21.8. The molecule has 1 aliphatic heterocycles. The lowest BCUT2D eigenvalue weighted by Gasteiger charge is -2.32. The molecule has 0 saturated carbocycles.